The molecule has 0 spiro atoms. The molecule has 1 unspecified atom stereocenters. The normalized spacial score (nSPS) is 28.7. The first-order valence-electron chi connectivity index (χ1n) is 19.3. The monoisotopic (exact) mass is 738 g/mol. The molecule has 2 saturated heterocycles. The summed E-state index contributed by atoms with van der Waals surface area (Å²) in [5, 5.41) is 8.84. The van der Waals surface area contributed by atoms with Crippen LogP contribution in [-0.2, 0) is 36.9 Å². The van der Waals surface area contributed by atoms with Gasteiger partial charge >= 0.3 is 12.2 Å². The van der Waals surface area contributed by atoms with Gasteiger partial charge in [0.1, 0.15) is 35.1 Å². The minimum Gasteiger partial charge on any atom is -0.444 e. The lowest BCUT2D eigenvalue weighted by molar-refractivity contribution is -0.141. The number of amides is 5. The third-order valence-corrected chi connectivity index (χ3v) is 10.9. The first-order valence-corrected chi connectivity index (χ1v) is 19.3. The summed E-state index contributed by atoms with van der Waals surface area (Å²) in [7, 11) is 0. The van der Waals surface area contributed by atoms with E-state index in [-0.39, 0.29) is 37.9 Å². The molecule has 5 amide bonds. The highest BCUT2D eigenvalue weighted by Gasteiger charge is 2.61. The van der Waals surface area contributed by atoms with Crippen LogP contribution in [-0.4, -0.2) is 107 Å². The molecule has 5 atom stereocenters. The Labute approximate surface area is 311 Å². The Kier molecular flexibility index (Phi) is 11.9. The van der Waals surface area contributed by atoms with Crippen molar-refractivity contribution in [1.29, 1.82) is 0 Å². The van der Waals surface area contributed by atoms with Crippen LogP contribution in [0.4, 0.5) is 14.0 Å². The van der Waals surface area contributed by atoms with Gasteiger partial charge in [-0.2, -0.15) is 0 Å². The van der Waals surface area contributed by atoms with E-state index in [1.54, 1.807) is 32.9 Å². The number of carbonyl (C=O) groups is 5. The van der Waals surface area contributed by atoms with Crippen molar-refractivity contribution in [3.05, 3.63) is 47.3 Å². The SMILES string of the molecule is CC(C)(C)OC(=O)N[C@H]1CCCCC/C=C\C2C[C@@]2(C(=O)NCCN2CCCCC2)NC(=O)[C@@H]2C[C@@H](OC(=O)N3Cc4cccc(F)c4C3)CN2C1=O. The van der Waals surface area contributed by atoms with E-state index in [2.05, 4.69) is 26.9 Å². The van der Waals surface area contributed by atoms with Crippen molar-refractivity contribution in [3.63, 3.8) is 0 Å². The van der Waals surface area contributed by atoms with Crippen molar-refractivity contribution < 1.29 is 37.8 Å². The summed E-state index contributed by atoms with van der Waals surface area (Å²) in [5.41, 5.74) is -0.838. The molecule has 0 aromatic heterocycles. The number of alkyl carbamates (subject to hydrolysis) is 1. The van der Waals surface area contributed by atoms with Gasteiger partial charge in [0.05, 0.1) is 13.1 Å². The zero-order chi connectivity index (χ0) is 37.8. The third-order valence-electron chi connectivity index (χ3n) is 10.9. The summed E-state index contributed by atoms with van der Waals surface area (Å²) in [6, 6.07) is 2.64. The van der Waals surface area contributed by atoms with Crippen LogP contribution in [0.3, 0.4) is 0 Å². The highest BCUT2D eigenvalue weighted by atomic mass is 19.1. The van der Waals surface area contributed by atoms with E-state index >= 15 is 0 Å². The van der Waals surface area contributed by atoms with Gasteiger partial charge in [-0.3, -0.25) is 19.3 Å². The number of carbonyl (C=O) groups excluding carboxylic acids is 5. The molecular formula is C39H55FN6O7. The Bertz CT molecular complexity index is 1580. The van der Waals surface area contributed by atoms with E-state index in [4.69, 9.17) is 9.47 Å². The standard InChI is InChI=1S/C39H55FN6O7/c1-38(2,3)53-36(50)42-31-16-9-6-4-5-8-14-27-22-39(27,35(49)41-17-20-44-18-10-7-11-19-44)43-33(47)32-21-28(24-46(32)34(31)48)52-37(51)45-23-26-13-12-15-30(40)29(26)25-45/h8,12-15,27-28,31-32H,4-7,9-11,16-25H2,1-3H3,(H,41,49)(H,42,50)(H,43,47)/b14-8-/t27?,28-,31+,32+,39-/m1/s1. The van der Waals surface area contributed by atoms with E-state index in [0.29, 0.717) is 36.9 Å². The van der Waals surface area contributed by atoms with Crippen molar-refractivity contribution in [2.45, 2.75) is 127 Å². The molecular weight excluding hydrogens is 683 g/mol. The van der Waals surface area contributed by atoms with Gasteiger partial charge in [0, 0.05) is 37.5 Å². The van der Waals surface area contributed by atoms with Gasteiger partial charge < -0.3 is 35.2 Å². The fourth-order valence-electron chi connectivity index (χ4n) is 8.01. The van der Waals surface area contributed by atoms with Gasteiger partial charge in [0.25, 0.3) is 0 Å². The second kappa shape index (κ2) is 16.4. The molecule has 1 aromatic carbocycles. The number of halogens is 1. The highest BCUT2D eigenvalue weighted by Crippen LogP contribution is 2.45. The van der Waals surface area contributed by atoms with Crippen molar-refractivity contribution in [2.24, 2.45) is 5.92 Å². The number of nitrogens with zero attached hydrogens (tertiary/aromatic N) is 3. The summed E-state index contributed by atoms with van der Waals surface area (Å²) in [5.74, 6) is -1.88. The zero-order valence-electron chi connectivity index (χ0n) is 31.3. The number of allylic oxidation sites excluding steroid dienone is 1. The minimum atomic E-state index is -1.17. The van der Waals surface area contributed by atoms with Gasteiger partial charge in [0.2, 0.25) is 17.7 Å². The predicted molar refractivity (Wildman–Crippen MR) is 194 cm³/mol. The van der Waals surface area contributed by atoms with Crippen molar-refractivity contribution in [2.75, 3.05) is 32.7 Å². The van der Waals surface area contributed by atoms with Crippen LogP contribution < -0.4 is 16.0 Å². The van der Waals surface area contributed by atoms with E-state index < -0.39 is 59.1 Å². The molecule has 4 aliphatic heterocycles. The van der Waals surface area contributed by atoms with Gasteiger partial charge in [-0.15, -0.1) is 0 Å². The molecule has 6 rings (SSSR count). The van der Waals surface area contributed by atoms with Crippen LogP contribution in [0.25, 0.3) is 0 Å². The van der Waals surface area contributed by atoms with Crippen LogP contribution in [0.2, 0.25) is 0 Å². The first-order chi connectivity index (χ1) is 25.3. The molecule has 1 saturated carbocycles. The van der Waals surface area contributed by atoms with Gasteiger partial charge in [-0.1, -0.05) is 43.5 Å². The lowest BCUT2D eigenvalue weighted by Gasteiger charge is -2.30. The van der Waals surface area contributed by atoms with Crippen molar-refractivity contribution in [1.82, 2.24) is 30.7 Å². The van der Waals surface area contributed by atoms with Crippen LogP contribution in [0.1, 0.15) is 96.1 Å². The maximum atomic E-state index is 14.4. The van der Waals surface area contributed by atoms with Crippen molar-refractivity contribution in [3.8, 4) is 0 Å². The molecule has 13 nitrogen and oxygen atoms in total. The number of nitrogens with one attached hydrogen (secondary N) is 3. The third kappa shape index (κ3) is 9.49. The van der Waals surface area contributed by atoms with Crippen LogP contribution >= 0.6 is 0 Å². The quantitative estimate of drug-likeness (QED) is 0.369. The lowest BCUT2D eigenvalue weighted by atomic mass is 10.0. The molecule has 14 heteroatoms. The van der Waals surface area contributed by atoms with Crippen LogP contribution in [0, 0.1) is 11.7 Å². The predicted octanol–water partition coefficient (Wildman–Crippen LogP) is 4.14. The van der Waals surface area contributed by atoms with Gasteiger partial charge in [-0.05, 0) is 84.0 Å². The number of fused-ring (bicyclic) bond motifs is 3. The molecule has 3 fully saturated rings. The largest absolute Gasteiger partial charge is 0.444 e. The molecule has 1 aromatic rings. The molecule has 3 N–H and O–H groups in total. The smallest absolute Gasteiger partial charge is 0.410 e. The average Bonchev–Trinajstić information content (AvgIpc) is 3.40. The van der Waals surface area contributed by atoms with E-state index in [1.165, 1.54) is 22.3 Å². The number of piperidine rings is 1. The summed E-state index contributed by atoms with van der Waals surface area (Å²) in [4.78, 5) is 73.9. The molecule has 4 heterocycles. The fraction of sp³-hybridized carbons (Fsp3) is 0.667. The maximum absolute atomic E-state index is 14.4. The second-order valence-corrected chi connectivity index (χ2v) is 16.2. The Balaban J connectivity index is 1.21. The second-order valence-electron chi connectivity index (χ2n) is 16.2. The molecule has 290 valence electrons. The Hall–Kier alpha value is -4.20. The van der Waals surface area contributed by atoms with Gasteiger partial charge in [0.15, 0.2) is 0 Å². The van der Waals surface area contributed by atoms with E-state index in [9.17, 15) is 28.4 Å². The Morgan fingerprint density at radius 3 is 2.57 bits per heavy atom. The molecule has 1 aliphatic carbocycles. The summed E-state index contributed by atoms with van der Waals surface area (Å²) < 4.78 is 25.8. The number of likely N-dealkylation sites (tertiary alicyclic amines) is 1. The van der Waals surface area contributed by atoms with Crippen LogP contribution in [0.15, 0.2) is 30.4 Å². The average molecular weight is 739 g/mol. The van der Waals surface area contributed by atoms with Crippen LogP contribution in [0.5, 0.6) is 0 Å². The Morgan fingerprint density at radius 2 is 1.81 bits per heavy atom. The van der Waals surface area contributed by atoms with E-state index in [0.717, 1.165) is 51.7 Å². The first kappa shape index (κ1) is 38.5. The van der Waals surface area contributed by atoms with Gasteiger partial charge in [-0.25, -0.2) is 14.0 Å². The highest BCUT2D eigenvalue weighted by molar-refractivity contribution is 5.98. The Morgan fingerprint density at radius 1 is 1.04 bits per heavy atom. The summed E-state index contributed by atoms with van der Waals surface area (Å²) in [6.45, 7) is 8.53. The maximum Gasteiger partial charge on any atom is 0.410 e. The molecule has 5 aliphatic rings. The zero-order valence-corrected chi connectivity index (χ0v) is 31.3. The minimum absolute atomic E-state index is 0.00914. The molecule has 0 radical (unpaired) electrons. The fourth-order valence-corrected chi connectivity index (χ4v) is 8.01. The number of ether oxygens (including phenoxy) is 2. The topological polar surface area (TPSA) is 150 Å². The molecule has 53 heavy (non-hydrogen) atoms. The van der Waals surface area contributed by atoms with Crippen molar-refractivity contribution >= 4 is 29.9 Å². The molecule has 0 bridgehead atoms. The number of rotatable bonds is 6. The lowest BCUT2D eigenvalue weighted by Crippen LogP contribution is -2.58. The summed E-state index contributed by atoms with van der Waals surface area (Å²) in [6.07, 6.45) is 9.11. The number of hydrogen-bond acceptors (Lipinski definition) is 8. The summed E-state index contributed by atoms with van der Waals surface area (Å²) >= 11 is 0. The number of benzene rings is 1. The number of hydrogen-bond donors (Lipinski definition) is 3. The van der Waals surface area contributed by atoms with E-state index in [1.807, 2.05) is 6.08 Å².